The summed E-state index contributed by atoms with van der Waals surface area (Å²) < 4.78 is 5.81. The second-order valence-electron chi connectivity index (χ2n) is 8.79. The third-order valence-corrected chi connectivity index (χ3v) is 5.23. The fourth-order valence-corrected chi connectivity index (χ4v) is 3.54. The molecule has 0 spiro atoms. The minimum atomic E-state index is -0.594. The Kier molecular flexibility index (Phi) is 10.0. The zero-order valence-corrected chi connectivity index (χ0v) is 21.2. The summed E-state index contributed by atoms with van der Waals surface area (Å²) in [7, 11) is 0. The molecule has 0 aliphatic carbocycles. The van der Waals surface area contributed by atoms with Crippen LogP contribution in [-0.2, 0) is 14.3 Å². The van der Waals surface area contributed by atoms with Gasteiger partial charge in [0.15, 0.2) is 0 Å². The Morgan fingerprint density at radius 2 is 1.50 bits per heavy atom. The van der Waals surface area contributed by atoms with Crippen LogP contribution in [-0.4, -0.2) is 66.4 Å². The fraction of sp³-hybridized carbons (Fsp3) is 0.522. The molecule has 186 valence electrons. The van der Waals surface area contributed by atoms with Gasteiger partial charge in [0.2, 0.25) is 11.8 Å². The van der Waals surface area contributed by atoms with E-state index in [1.165, 1.54) is 0 Å². The molecule has 3 N–H and O–H groups in total. The quantitative estimate of drug-likeness (QED) is 0.292. The van der Waals surface area contributed by atoms with Crippen molar-refractivity contribution in [3.05, 3.63) is 33.8 Å². The molecule has 0 saturated carbocycles. The highest BCUT2D eigenvalue weighted by Gasteiger charge is 2.35. The lowest BCUT2D eigenvalue weighted by molar-refractivity contribution is -0.121. The third-order valence-electron chi connectivity index (χ3n) is 4.74. The van der Waals surface area contributed by atoms with Crippen molar-refractivity contribution in [2.45, 2.75) is 52.1 Å². The van der Waals surface area contributed by atoms with E-state index >= 15 is 0 Å². The lowest BCUT2D eigenvalue weighted by Crippen LogP contribution is -2.35. The minimum absolute atomic E-state index is 0.125. The second kappa shape index (κ2) is 12.5. The monoisotopic (exact) mass is 538 g/mol. The first-order chi connectivity index (χ1) is 16.0. The lowest BCUT2D eigenvalue weighted by Gasteiger charge is -2.19. The van der Waals surface area contributed by atoms with Crippen LogP contribution in [0, 0.1) is 0 Å². The first kappa shape index (κ1) is 27.3. The molecule has 1 aromatic carbocycles. The first-order valence-electron chi connectivity index (χ1n) is 11.1. The molecule has 2 rings (SSSR count). The number of rotatable bonds is 11. The van der Waals surface area contributed by atoms with E-state index in [0.29, 0.717) is 37.1 Å². The zero-order chi connectivity index (χ0) is 25.3. The Hall–Kier alpha value is -2.95. The number of imide groups is 1. The molecule has 11 heteroatoms. The molecule has 0 bridgehead atoms. The molecule has 1 aliphatic rings. The second-order valence-corrected chi connectivity index (χ2v) is 9.70. The van der Waals surface area contributed by atoms with Gasteiger partial charge in [-0.2, -0.15) is 0 Å². The summed E-state index contributed by atoms with van der Waals surface area (Å²) >= 11 is 3.29. The summed E-state index contributed by atoms with van der Waals surface area (Å²) in [6.07, 6.45) is 0.642. The summed E-state index contributed by atoms with van der Waals surface area (Å²) in [5.41, 5.74) is 0.148. The van der Waals surface area contributed by atoms with Gasteiger partial charge in [-0.25, -0.2) is 4.79 Å². The van der Waals surface area contributed by atoms with Crippen LogP contribution in [0.1, 0.15) is 67.2 Å². The number of ether oxygens (including phenoxy) is 1. The van der Waals surface area contributed by atoms with Crippen LogP contribution >= 0.6 is 15.9 Å². The maximum Gasteiger partial charge on any atom is 0.407 e. The number of nitrogens with one attached hydrogen (secondary N) is 3. The van der Waals surface area contributed by atoms with Crippen molar-refractivity contribution in [1.82, 2.24) is 20.9 Å². The topological polar surface area (TPSA) is 134 Å². The van der Waals surface area contributed by atoms with Crippen molar-refractivity contribution in [1.29, 1.82) is 0 Å². The molecule has 1 aromatic rings. The minimum Gasteiger partial charge on any atom is -0.444 e. The van der Waals surface area contributed by atoms with Crippen LogP contribution in [0.2, 0.25) is 0 Å². The van der Waals surface area contributed by atoms with Crippen molar-refractivity contribution >= 4 is 45.7 Å². The highest BCUT2D eigenvalue weighted by molar-refractivity contribution is 9.10. The number of carbonyl (C=O) groups excluding carboxylic acids is 5. The molecule has 0 aromatic heterocycles. The molecule has 10 nitrogen and oxygen atoms in total. The van der Waals surface area contributed by atoms with Gasteiger partial charge >= 0.3 is 6.09 Å². The third kappa shape index (κ3) is 8.77. The highest BCUT2D eigenvalue weighted by atomic mass is 79.9. The fourth-order valence-electron chi connectivity index (χ4n) is 3.18. The van der Waals surface area contributed by atoms with E-state index in [4.69, 9.17) is 4.74 Å². The number of carbonyl (C=O) groups is 5. The summed E-state index contributed by atoms with van der Waals surface area (Å²) in [5, 5.41) is 7.98. The predicted octanol–water partition coefficient (Wildman–Crippen LogP) is 2.36. The Balaban J connectivity index is 1.53. The van der Waals surface area contributed by atoms with Crippen molar-refractivity contribution in [3.8, 4) is 0 Å². The zero-order valence-electron chi connectivity index (χ0n) is 19.7. The van der Waals surface area contributed by atoms with E-state index in [2.05, 4.69) is 31.9 Å². The Morgan fingerprint density at radius 3 is 2.15 bits per heavy atom. The molecule has 0 saturated heterocycles. The van der Waals surface area contributed by atoms with Crippen LogP contribution in [0.3, 0.4) is 0 Å². The molecule has 34 heavy (non-hydrogen) atoms. The van der Waals surface area contributed by atoms with Crippen LogP contribution in [0.5, 0.6) is 0 Å². The van der Waals surface area contributed by atoms with E-state index in [1.54, 1.807) is 39.0 Å². The van der Waals surface area contributed by atoms with Crippen molar-refractivity contribution in [2.75, 3.05) is 26.2 Å². The molecule has 1 heterocycles. The number of hydrogen-bond acceptors (Lipinski definition) is 6. The molecule has 1 aliphatic heterocycles. The van der Waals surface area contributed by atoms with Crippen molar-refractivity contribution < 1.29 is 28.7 Å². The molecule has 0 atom stereocenters. The van der Waals surface area contributed by atoms with Gasteiger partial charge in [0.1, 0.15) is 5.60 Å². The highest BCUT2D eigenvalue weighted by Crippen LogP contribution is 2.26. The SMILES string of the molecule is CC(C)(C)OC(=O)NCCC(=O)NCCCNC(=O)CCCN1C(=O)c2ccc(Br)cc2C1=O. The Bertz CT molecular complexity index is 944. The van der Waals surface area contributed by atoms with Crippen molar-refractivity contribution in [2.24, 2.45) is 0 Å². The normalized spacial score (nSPS) is 12.9. The van der Waals surface area contributed by atoms with Gasteiger partial charge in [-0.1, -0.05) is 15.9 Å². The number of benzene rings is 1. The van der Waals surface area contributed by atoms with Crippen LogP contribution < -0.4 is 16.0 Å². The molecule has 0 radical (unpaired) electrons. The van der Waals surface area contributed by atoms with E-state index in [-0.39, 0.29) is 49.6 Å². The van der Waals surface area contributed by atoms with Gasteiger partial charge in [0.05, 0.1) is 11.1 Å². The number of fused-ring (bicyclic) bond motifs is 1. The predicted molar refractivity (Wildman–Crippen MR) is 128 cm³/mol. The number of nitrogens with zero attached hydrogens (tertiary/aromatic N) is 1. The molecular formula is C23H31BrN4O6. The average Bonchev–Trinajstić information content (AvgIpc) is 2.96. The van der Waals surface area contributed by atoms with Crippen LogP contribution in [0.25, 0.3) is 0 Å². The van der Waals surface area contributed by atoms with E-state index in [0.717, 1.165) is 9.37 Å². The molecule has 0 unspecified atom stereocenters. The first-order valence-corrected chi connectivity index (χ1v) is 11.9. The van der Waals surface area contributed by atoms with Gasteiger partial charge < -0.3 is 20.7 Å². The lowest BCUT2D eigenvalue weighted by atomic mass is 10.1. The average molecular weight is 539 g/mol. The van der Waals surface area contributed by atoms with Gasteiger partial charge in [0, 0.05) is 43.5 Å². The maximum atomic E-state index is 12.4. The number of halogens is 1. The standard InChI is InChI=1S/C23H31BrN4O6/c1-23(2,3)34-22(33)27-12-9-19(30)26-11-5-10-25-18(29)6-4-13-28-20(31)16-8-7-15(24)14-17(16)21(28)32/h7-8,14H,4-6,9-13H2,1-3H3,(H,25,29)(H,26,30)(H,27,33). The summed E-state index contributed by atoms with van der Waals surface area (Å²) in [6, 6.07) is 4.95. The Labute approximate surface area is 207 Å². The van der Waals surface area contributed by atoms with Crippen molar-refractivity contribution in [3.63, 3.8) is 0 Å². The number of amides is 5. The molecular weight excluding hydrogens is 508 g/mol. The summed E-state index contributed by atoms with van der Waals surface area (Å²) in [5.74, 6) is -1.09. The Morgan fingerprint density at radius 1 is 0.882 bits per heavy atom. The molecule has 0 fully saturated rings. The van der Waals surface area contributed by atoms with E-state index < -0.39 is 11.7 Å². The van der Waals surface area contributed by atoms with Gasteiger partial charge in [-0.15, -0.1) is 0 Å². The van der Waals surface area contributed by atoms with Gasteiger partial charge in [0.25, 0.3) is 11.8 Å². The van der Waals surface area contributed by atoms with Gasteiger partial charge in [-0.3, -0.25) is 24.1 Å². The van der Waals surface area contributed by atoms with Crippen LogP contribution in [0.15, 0.2) is 22.7 Å². The summed E-state index contributed by atoms with van der Waals surface area (Å²) in [6.45, 7) is 6.38. The van der Waals surface area contributed by atoms with E-state index in [9.17, 15) is 24.0 Å². The number of alkyl carbamates (subject to hydrolysis) is 1. The van der Waals surface area contributed by atoms with E-state index in [1.807, 2.05) is 0 Å². The largest absolute Gasteiger partial charge is 0.444 e. The summed E-state index contributed by atoms with van der Waals surface area (Å²) in [4.78, 5) is 61.2. The maximum absolute atomic E-state index is 12.4. The number of hydrogen-bond donors (Lipinski definition) is 3. The molecule has 5 amide bonds. The van der Waals surface area contributed by atoms with Crippen LogP contribution in [0.4, 0.5) is 4.79 Å². The smallest absolute Gasteiger partial charge is 0.407 e. The van der Waals surface area contributed by atoms with Gasteiger partial charge in [-0.05, 0) is 51.8 Å².